The van der Waals surface area contributed by atoms with Gasteiger partial charge in [-0.3, -0.25) is 9.59 Å². The number of amides is 1. The van der Waals surface area contributed by atoms with Crippen LogP contribution in [0.15, 0.2) is 22.7 Å². The predicted octanol–water partition coefficient (Wildman–Crippen LogP) is 1.86. The van der Waals surface area contributed by atoms with Crippen LogP contribution in [-0.4, -0.2) is 42.1 Å². The molecule has 1 aromatic rings. The summed E-state index contributed by atoms with van der Waals surface area (Å²) in [4.78, 5) is 25.2. The average Bonchev–Trinajstić information content (AvgIpc) is 2.94. The molecule has 1 aliphatic carbocycles. The van der Waals surface area contributed by atoms with Gasteiger partial charge in [-0.1, -0.05) is 15.9 Å². The third kappa shape index (κ3) is 2.08. The van der Waals surface area contributed by atoms with Gasteiger partial charge in [-0.2, -0.15) is 0 Å². The number of halogens is 1. The Bertz CT molecular complexity index is 577. The Morgan fingerprint density at radius 2 is 2.00 bits per heavy atom. The standard InChI is InChI=1S/C14H14BrNO4/c1-20-11-3-2-7(15)4-8(11)13(17)16-5-9-10(6-16)12(9)14(18)19/h2-4,9-10,12H,5-6H2,1H3,(H,18,19)/t9-,10+,12?. The molecule has 1 aliphatic heterocycles. The molecule has 1 N–H and O–H groups in total. The quantitative estimate of drug-likeness (QED) is 0.912. The van der Waals surface area contributed by atoms with Crippen LogP contribution in [0.4, 0.5) is 0 Å². The molecule has 1 aromatic carbocycles. The first kappa shape index (κ1) is 13.4. The minimum Gasteiger partial charge on any atom is -0.496 e. The van der Waals surface area contributed by atoms with E-state index in [1.807, 2.05) is 6.07 Å². The highest BCUT2D eigenvalue weighted by molar-refractivity contribution is 9.10. The van der Waals surface area contributed by atoms with Crippen molar-refractivity contribution < 1.29 is 19.4 Å². The lowest BCUT2D eigenvalue weighted by Crippen LogP contribution is -2.32. The number of carboxylic acids is 1. The van der Waals surface area contributed by atoms with Crippen LogP contribution in [0.3, 0.4) is 0 Å². The van der Waals surface area contributed by atoms with E-state index in [1.165, 1.54) is 7.11 Å². The van der Waals surface area contributed by atoms with E-state index < -0.39 is 5.97 Å². The molecule has 2 aliphatic rings. The number of likely N-dealkylation sites (tertiary alicyclic amines) is 1. The van der Waals surface area contributed by atoms with Gasteiger partial charge in [0.2, 0.25) is 0 Å². The number of carboxylic acid groups (broad SMARTS) is 1. The van der Waals surface area contributed by atoms with Crippen molar-refractivity contribution in [1.29, 1.82) is 0 Å². The molecule has 2 fully saturated rings. The van der Waals surface area contributed by atoms with Gasteiger partial charge in [0.1, 0.15) is 5.75 Å². The maximum atomic E-state index is 12.5. The molecule has 1 saturated heterocycles. The van der Waals surface area contributed by atoms with E-state index in [1.54, 1.807) is 17.0 Å². The van der Waals surface area contributed by atoms with E-state index in [0.29, 0.717) is 24.4 Å². The van der Waals surface area contributed by atoms with E-state index in [0.717, 1.165) is 4.47 Å². The van der Waals surface area contributed by atoms with Gasteiger partial charge in [-0.15, -0.1) is 0 Å². The molecule has 1 unspecified atom stereocenters. The monoisotopic (exact) mass is 339 g/mol. The maximum absolute atomic E-state index is 12.5. The van der Waals surface area contributed by atoms with Crippen molar-refractivity contribution in [3.05, 3.63) is 28.2 Å². The molecule has 6 heteroatoms. The van der Waals surface area contributed by atoms with Crippen molar-refractivity contribution in [3.63, 3.8) is 0 Å². The normalized spacial score (nSPS) is 27.1. The van der Waals surface area contributed by atoms with Crippen LogP contribution in [-0.2, 0) is 4.79 Å². The second kappa shape index (κ2) is 4.77. The summed E-state index contributed by atoms with van der Waals surface area (Å²) < 4.78 is 6.03. The summed E-state index contributed by atoms with van der Waals surface area (Å²) in [5.41, 5.74) is 0.509. The Morgan fingerprint density at radius 3 is 2.55 bits per heavy atom. The summed E-state index contributed by atoms with van der Waals surface area (Å²) in [5, 5.41) is 8.99. The number of ether oxygens (including phenoxy) is 1. The number of hydrogen-bond acceptors (Lipinski definition) is 3. The van der Waals surface area contributed by atoms with Gasteiger partial charge < -0.3 is 14.7 Å². The van der Waals surface area contributed by atoms with Crippen molar-refractivity contribution >= 4 is 27.8 Å². The minimum atomic E-state index is -0.743. The molecule has 106 valence electrons. The highest BCUT2D eigenvalue weighted by Crippen LogP contribution is 2.52. The average molecular weight is 340 g/mol. The first-order valence-electron chi connectivity index (χ1n) is 6.38. The SMILES string of the molecule is COc1ccc(Br)cc1C(=O)N1C[C@@H]2C(C(=O)O)[C@@H]2C1. The molecular formula is C14H14BrNO4. The fourth-order valence-corrected chi connectivity index (χ4v) is 3.44. The van der Waals surface area contributed by atoms with Crippen LogP contribution >= 0.6 is 15.9 Å². The van der Waals surface area contributed by atoms with E-state index >= 15 is 0 Å². The summed E-state index contributed by atoms with van der Waals surface area (Å²) in [6.45, 7) is 1.05. The highest BCUT2D eigenvalue weighted by Gasteiger charge is 2.60. The lowest BCUT2D eigenvalue weighted by atomic mass is 10.1. The number of fused-ring (bicyclic) bond motifs is 1. The minimum absolute atomic E-state index is 0.0977. The van der Waals surface area contributed by atoms with Crippen molar-refractivity contribution in [2.24, 2.45) is 17.8 Å². The van der Waals surface area contributed by atoms with Crippen LogP contribution < -0.4 is 4.74 Å². The first-order valence-corrected chi connectivity index (χ1v) is 7.18. The number of benzene rings is 1. The Hall–Kier alpha value is -1.56. The van der Waals surface area contributed by atoms with Crippen molar-refractivity contribution in [2.45, 2.75) is 0 Å². The van der Waals surface area contributed by atoms with Crippen LogP contribution in [0.25, 0.3) is 0 Å². The number of aliphatic carboxylic acids is 1. The first-order chi connectivity index (χ1) is 9.52. The molecule has 1 heterocycles. The van der Waals surface area contributed by atoms with E-state index in [4.69, 9.17) is 9.84 Å². The number of piperidine rings is 1. The van der Waals surface area contributed by atoms with Gasteiger partial charge in [0.15, 0.2) is 0 Å². The number of nitrogens with zero attached hydrogens (tertiary/aromatic N) is 1. The van der Waals surface area contributed by atoms with E-state index in [9.17, 15) is 9.59 Å². The zero-order chi connectivity index (χ0) is 14.4. The Balaban J connectivity index is 1.76. The summed E-state index contributed by atoms with van der Waals surface area (Å²) >= 11 is 3.35. The van der Waals surface area contributed by atoms with Crippen LogP contribution in [0, 0.1) is 17.8 Å². The number of carbonyl (C=O) groups excluding carboxylic acids is 1. The van der Waals surface area contributed by atoms with Crippen molar-refractivity contribution in [2.75, 3.05) is 20.2 Å². The zero-order valence-electron chi connectivity index (χ0n) is 10.9. The van der Waals surface area contributed by atoms with Gasteiger partial charge in [0.25, 0.3) is 5.91 Å². The van der Waals surface area contributed by atoms with Crippen molar-refractivity contribution in [3.8, 4) is 5.75 Å². The zero-order valence-corrected chi connectivity index (χ0v) is 12.5. The Kier molecular flexibility index (Phi) is 3.20. The molecule has 0 spiro atoms. The molecule has 0 bridgehead atoms. The van der Waals surface area contributed by atoms with Gasteiger partial charge in [-0.05, 0) is 30.0 Å². The predicted molar refractivity (Wildman–Crippen MR) is 74.7 cm³/mol. The molecule has 3 atom stereocenters. The summed E-state index contributed by atoms with van der Waals surface area (Å²) in [7, 11) is 1.53. The van der Waals surface area contributed by atoms with Crippen LogP contribution in [0.1, 0.15) is 10.4 Å². The third-order valence-corrected chi connectivity index (χ3v) is 4.65. The van der Waals surface area contributed by atoms with Crippen molar-refractivity contribution in [1.82, 2.24) is 4.90 Å². The fourth-order valence-electron chi connectivity index (χ4n) is 3.08. The third-order valence-electron chi connectivity index (χ3n) is 4.16. The molecule has 1 saturated carbocycles. The van der Waals surface area contributed by atoms with Gasteiger partial charge in [0, 0.05) is 17.6 Å². The number of rotatable bonds is 3. The molecule has 1 amide bonds. The summed E-state index contributed by atoms with van der Waals surface area (Å²) in [5.74, 6) is -0.326. The Labute approximate surface area is 124 Å². The van der Waals surface area contributed by atoms with Gasteiger partial charge >= 0.3 is 5.97 Å². The Morgan fingerprint density at radius 1 is 1.35 bits per heavy atom. The molecule has 5 nitrogen and oxygen atoms in total. The number of methoxy groups -OCH3 is 1. The van der Waals surface area contributed by atoms with Gasteiger partial charge in [0.05, 0.1) is 18.6 Å². The van der Waals surface area contributed by atoms with E-state index in [2.05, 4.69) is 15.9 Å². The van der Waals surface area contributed by atoms with Gasteiger partial charge in [-0.25, -0.2) is 0 Å². The number of carbonyl (C=O) groups is 2. The fraction of sp³-hybridized carbons (Fsp3) is 0.429. The topological polar surface area (TPSA) is 66.8 Å². The maximum Gasteiger partial charge on any atom is 0.307 e. The van der Waals surface area contributed by atoms with Crippen LogP contribution in [0.5, 0.6) is 5.75 Å². The smallest absolute Gasteiger partial charge is 0.307 e. The van der Waals surface area contributed by atoms with E-state index in [-0.39, 0.29) is 23.7 Å². The molecule has 20 heavy (non-hydrogen) atoms. The summed E-state index contributed by atoms with van der Waals surface area (Å²) in [6.07, 6.45) is 0. The second-order valence-electron chi connectivity index (χ2n) is 5.25. The van der Waals surface area contributed by atoms with Crippen LogP contribution in [0.2, 0.25) is 0 Å². The molecule has 3 rings (SSSR count). The lowest BCUT2D eigenvalue weighted by Gasteiger charge is -2.20. The number of hydrogen-bond donors (Lipinski definition) is 1. The summed E-state index contributed by atoms with van der Waals surface area (Å²) in [6, 6.07) is 5.30. The lowest BCUT2D eigenvalue weighted by molar-refractivity contribution is -0.139. The molecule has 0 radical (unpaired) electrons. The largest absolute Gasteiger partial charge is 0.496 e. The second-order valence-corrected chi connectivity index (χ2v) is 6.16. The molecule has 0 aromatic heterocycles. The molecular weight excluding hydrogens is 326 g/mol. The highest BCUT2D eigenvalue weighted by atomic mass is 79.9.